The van der Waals surface area contributed by atoms with Crippen LogP contribution in [0.25, 0.3) is 0 Å². The average molecular weight is 316 g/mol. The summed E-state index contributed by atoms with van der Waals surface area (Å²) in [6.07, 6.45) is 4.08. The van der Waals surface area contributed by atoms with Gasteiger partial charge in [0, 0.05) is 25.6 Å². The van der Waals surface area contributed by atoms with Gasteiger partial charge in [-0.05, 0) is 31.7 Å². The molecule has 1 atom stereocenters. The highest BCUT2D eigenvalue weighted by Gasteiger charge is 2.20. The summed E-state index contributed by atoms with van der Waals surface area (Å²) in [4.78, 5) is 25.0. The predicted octanol–water partition coefficient (Wildman–Crippen LogP) is 2.82. The maximum Gasteiger partial charge on any atom is 0.317 e. The molecule has 0 radical (unpaired) electrons. The maximum absolute atomic E-state index is 12.4. The summed E-state index contributed by atoms with van der Waals surface area (Å²) in [5.41, 5.74) is 2.40. The van der Waals surface area contributed by atoms with Crippen molar-refractivity contribution in [3.8, 4) is 0 Å². The largest absolute Gasteiger partial charge is 0.481 e. The quantitative estimate of drug-likeness (QED) is 0.793. The molecule has 2 N–H and O–H groups in total. The normalized spacial score (nSPS) is 15.7. The molecular formula is C18H24N2O3. The van der Waals surface area contributed by atoms with E-state index in [1.165, 1.54) is 5.57 Å². The van der Waals surface area contributed by atoms with Crippen molar-refractivity contribution in [2.24, 2.45) is 0 Å². The third-order valence-corrected chi connectivity index (χ3v) is 4.08. The van der Waals surface area contributed by atoms with Crippen LogP contribution in [0.3, 0.4) is 0 Å². The van der Waals surface area contributed by atoms with Gasteiger partial charge in [-0.1, -0.05) is 42.0 Å². The molecule has 5 heteroatoms. The molecule has 0 bridgehead atoms. The monoisotopic (exact) mass is 316 g/mol. The molecule has 1 aromatic rings. The highest BCUT2D eigenvalue weighted by Crippen LogP contribution is 2.12. The number of rotatable bonds is 6. The molecule has 1 heterocycles. The highest BCUT2D eigenvalue weighted by molar-refractivity contribution is 5.75. The van der Waals surface area contributed by atoms with Crippen LogP contribution in [0.15, 0.2) is 42.0 Å². The van der Waals surface area contributed by atoms with Gasteiger partial charge >= 0.3 is 12.0 Å². The molecule has 0 fully saturated rings. The minimum Gasteiger partial charge on any atom is -0.481 e. The minimum absolute atomic E-state index is 0.0524. The molecule has 0 spiro atoms. The summed E-state index contributed by atoms with van der Waals surface area (Å²) in [6.45, 7) is 3.40. The molecule has 0 saturated heterocycles. The number of carboxylic acids is 1. The number of benzene rings is 1. The van der Waals surface area contributed by atoms with E-state index in [1.807, 2.05) is 30.3 Å². The maximum atomic E-state index is 12.4. The van der Waals surface area contributed by atoms with Crippen LogP contribution in [0.5, 0.6) is 0 Å². The smallest absolute Gasteiger partial charge is 0.317 e. The summed E-state index contributed by atoms with van der Waals surface area (Å²) in [6, 6.07) is 9.54. The molecule has 1 aliphatic heterocycles. The fraction of sp³-hybridized carbons (Fsp3) is 0.444. The van der Waals surface area contributed by atoms with Crippen LogP contribution < -0.4 is 5.32 Å². The predicted molar refractivity (Wildman–Crippen MR) is 89.3 cm³/mol. The molecule has 0 aromatic heterocycles. The van der Waals surface area contributed by atoms with Gasteiger partial charge in [-0.3, -0.25) is 4.79 Å². The lowest BCUT2D eigenvalue weighted by atomic mass is 10.0. The number of hydrogen-bond donors (Lipinski definition) is 2. The molecule has 23 heavy (non-hydrogen) atoms. The standard InChI is InChI=1S/C18H24N2O3/c1-14-9-11-20(12-10-14)18(23)19-16(7-8-17(21)22)13-15-5-3-2-4-6-15/h2-6,9,16H,7-8,10-13H2,1H3,(H,19,23)(H,21,22). The lowest BCUT2D eigenvalue weighted by Gasteiger charge is -2.28. The number of urea groups is 1. The van der Waals surface area contributed by atoms with Gasteiger partial charge in [0.1, 0.15) is 0 Å². The number of carbonyl (C=O) groups is 2. The van der Waals surface area contributed by atoms with Crippen molar-refractivity contribution in [1.82, 2.24) is 10.2 Å². The zero-order chi connectivity index (χ0) is 16.7. The first-order valence-electron chi connectivity index (χ1n) is 8.01. The Kier molecular flexibility index (Phi) is 6.20. The molecule has 0 aliphatic carbocycles. The number of nitrogens with one attached hydrogen (secondary N) is 1. The Hall–Kier alpha value is -2.30. The van der Waals surface area contributed by atoms with E-state index < -0.39 is 5.97 Å². The summed E-state index contributed by atoms with van der Waals surface area (Å²) in [7, 11) is 0. The van der Waals surface area contributed by atoms with Crippen LogP contribution in [-0.2, 0) is 11.2 Å². The van der Waals surface area contributed by atoms with E-state index >= 15 is 0 Å². The Labute approximate surface area is 137 Å². The van der Waals surface area contributed by atoms with E-state index in [2.05, 4.69) is 18.3 Å². The van der Waals surface area contributed by atoms with Crippen LogP contribution in [0, 0.1) is 0 Å². The van der Waals surface area contributed by atoms with Crippen molar-refractivity contribution in [1.29, 1.82) is 0 Å². The van der Waals surface area contributed by atoms with Gasteiger partial charge in [0.25, 0.3) is 0 Å². The Balaban J connectivity index is 1.96. The molecule has 2 amide bonds. The van der Waals surface area contributed by atoms with E-state index in [4.69, 9.17) is 5.11 Å². The number of carbonyl (C=O) groups excluding carboxylic acids is 1. The SMILES string of the molecule is CC1=CCN(C(=O)NC(CCC(=O)O)Cc2ccccc2)CC1. The Morgan fingerprint density at radius 1 is 1.30 bits per heavy atom. The van der Waals surface area contributed by atoms with Crippen molar-refractivity contribution in [2.75, 3.05) is 13.1 Å². The van der Waals surface area contributed by atoms with E-state index in [0.717, 1.165) is 12.0 Å². The molecular weight excluding hydrogens is 292 g/mol. The van der Waals surface area contributed by atoms with Crippen molar-refractivity contribution < 1.29 is 14.7 Å². The van der Waals surface area contributed by atoms with E-state index in [0.29, 0.717) is 25.9 Å². The molecule has 1 unspecified atom stereocenters. The average Bonchev–Trinajstić information content (AvgIpc) is 2.54. The van der Waals surface area contributed by atoms with Crippen molar-refractivity contribution in [2.45, 2.75) is 38.6 Å². The van der Waals surface area contributed by atoms with Crippen LogP contribution in [0.4, 0.5) is 4.79 Å². The molecule has 0 saturated carbocycles. The lowest BCUT2D eigenvalue weighted by molar-refractivity contribution is -0.137. The third kappa shape index (κ3) is 5.77. The van der Waals surface area contributed by atoms with Gasteiger partial charge in [0.2, 0.25) is 0 Å². The number of aliphatic carboxylic acids is 1. The minimum atomic E-state index is -0.839. The topological polar surface area (TPSA) is 69.6 Å². The van der Waals surface area contributed by atoms with Crippen LogP contribution >= 0.6 is 0 Å². The van der Waals surface area contributed by atoms with Gasteiger partial charge in [0.15, 0.2) is 0 Å². The second-order valence-electron chi connectivity index (χ2n) is 6.02. The molecule has 1 aliphatic rings. The van der Waals surface area contributed by atoms with Gasteiger partial charge in [-0.2, -0.15) is 0 Å². The van der Waals surface area contributed by atoms with E-state index in [-0.39, 0.29) is 18.5 Å². The van der Waals surface area contributed by atoms with Crippen LogP contribution in [-0.4, -0.2) is 41.1 Å². The lowest BCUT2D eigenvalue weighted by Crippen LogP contribution is -2.47. The zero-order valence-electron chi connectivity index (χ0n) is 13.5. The van der Waals surface area contributed by atoms with Crippen molar-refractivity contribution in [3.63, 3.8) is 0 Å². The fourth-order valence-electron chi connectivity index (χ4n) is 2.64. The van der Waals surface area contributed by atoms with Crippen LogP contribution in [0.2, 0.25) is 0 Å². The zero-order valence-corrected chi connectivity index (χ0v) is 13.5. The number of nitrogens with zero attached hydrogens (tertiary/aromatic N) is 1. The fourth-order valence-corrected chi connectivity index (χ4v) is 2.64. The van der Waals surface area contributed by atoms with Crippen molar-refractivity contribution >= 4 is 12.0 Å². The van der Waals surface area contributed by atoms with Crippen LogP contribution in [0.1, 0.15) is 31.7 Å². The molecule has 1 aromatic carbocycles. The first-order chi connectivity index (χ1) is 11.0. The molecule has 5 nitrogen and oxygen atoms in total. The third-order valence-electron chi connectivity index (χ3n) is 4.08. The molecule has 124 valence electrons. The highest BCUT2D eigenvalue weighted by atomic mass is 16.4. The Morgan fingerprint density at radius 2 is 2.04 bits per heavy atom. The second kappa shape index (κ2) is 8.36. The molecule has 2 rings (SSSR count). The summed E-state index contributed by atoms with van der Waals surface area (Å²) < 4.78 is 0. The summed E-state index contributed by atoms with van der Waals surface area (Å²) >= 11 is 0. The first-order valence-corrected chi connectivity index (χ1v) is 8.01. The number of carboxylic acid groups (broad SMARTS) is 1. The van der Waals surface area contributed by atoms with Gasteiger partial charge in [0.05, 0.1) is 0 Å². The summed E-state index contributed by atoms with van der Waals surface area (Å²) in [5.74, 6) is -0.839. The van der Waals surface area contributed by atoms with Gasteiger partial charge in [-0.25, -0.2) is 4.79 Å². The number of amides is 2. The van der Waals surface area contributed by atoms with Crippen molar-refractivity contribution in [3.05, 3.63) is 47.5 Å². The van der Waals surface area contributed by atoms with E-state index in [9.17, 15) is 9.59 Å². The van der Waals surface area contributed by atoms with Gasteiger partial charge < -0.3 is 15.3 Å². The first kappa shape index (κ1) is 17.1. The second-order valence-corrected chi connectivity index (χ2v) is 6.02. The Morgan fingerprint density at radius 3 is 2.65 bits per heavy atom. The number of hydrogen-bond acceptors (Lipinski definition) is 2. The van der Waals surface area contributed by atoms with E-state index in [1.54, 1.807) is 4.90 Å². The van der Waals surface area contributed by atoms with Gasteiger partial charge in [-0.15, -0.1) is 0 Å². The summed E-state index contributed by atoms with van der Waals surface area (Å²) in [5, 5.41) is 11.9. The Bertz CT molecular complexity index is 569.